The minimum atomic E-state index is 0.346. The number of hydrogen-bond donors (Lipinski definition) is 0. The van der Waals surface area contributed by atoms with E-state index < -0.39 is 0 Å². The lowest BCUT2D eigenvalue weighted by Gasteiger charge is -2.32. The highest BCUT2D eigenvalue weighted by Crippen LogP contribution is 2.23. The first-order valence-corrected chi connectivity index (χ1v) is 3.89. The predicted molar refractivity (Wildman–Crippen MR) is 37.6 cm³/mol. The molecule has 2 heteroatoms. The van der Waals surface area contributed by atoms with Gasteiger partial charge in [0.05, 0.1) is 12.4 Å². The molecule has 1 fully saturated rings. The lowest BCUT2D eigenvalue weighted by Crippen LogP contribution is -2.36. The summed E-state index contributed by atoms with van der Waals surface area (Å²) in [6.45, 7) is 0.915. The first kappa shape index (κ1) is 6.23. The maximum Gasteiger partial charge on any atom is 0.124 e. The molecule has 0 bridgehead atoms. The number of ether oxygens (including phenoxy) is 2. The summed E-state index contributed by atoms with van der Waals surface area (Å²) < 4.78 is 10.9. The van der Waals surface area contributed by atoms with Gasteiger partial charge < -0.3 is 9.47 Å². The molecule has 0 radical (unpaired) electrons. The van der Waals surface area contributed by atoms with Gasteiger partial charge in [-0.25, -0.2) is 0 Å². The molecule has 1 saturated heterocycles. The maximum absolute atomic E-state index is 5.51. The van der Waals surface area contributed by atoms with Gasteiger partial charge in [0.1, 0.15) is 6.10 Å². The first-order valence-electron chi connectivity index (χ1n) is 3.89. The van der Waals surface area contributed by atoms with E-state index in [9.17, 15) is 0 Å². The van der Waals surface area contributed by atoms with Gasteiger partial charge in [-0.15, -0.1) is 0 Å². The molecule has 2 nitrogen and oxygen atoms in total. The molecule has 0 aliphatic carbocycles. The Kier molecular flexibility index (Phi) is 1.63. The second-order valence-corrected chi connectivity index (χ2v) is 2.83. The van der Waals surface area contributed by atoms with Crippen LogP contribution in [0.1, 0.15) is 19.3 Å². The topological polar surface area (TPSA) is 18.5 Å². The first-order chi connectivity index (χ1) is 4.97. The van der Waals surface area contributed by atoms with Crippen LogP contribution in [0.4, 0.5) is 0 Å². The molecule has 0 spiro atoms. The fourth-order valence-electron chi connectivity index (χ4n) is 1.53. The smallest absolute Gasteiger partial charge is 0.124 e. The molecule has 56 valence electrons. The second kappa shape index (κ2) is 2.62. The van der Waals surface area contributed by atoms with Gasteiger partial charge in [-0.2, -0.15) is 0 Å². The molecule has 2 atom stereocenters. The number of fused-ring (bicyclic) bond motifs is 1. The van der Waals surface area contributed by atoms with Crippen molar-refractivity contribution in [3.05, 3.63) is 12.3 Å². The van der Waals surface area contributed by atoms with E-state index in [1.165, 1.54) is 0 Å². The number of rotatable bonds is 0. The third-order valence-corrected chi connectivity index (χ3v) is 2.10. The third kappa shape index (κ3) is 1.03. The Balaban J connectivity index is 2.01. The van der Waals surface area contributed by atoms with Crippen molar-refractivity contribution in [2.45, 2.75) is 31.5 Å². The molecular weight excluding hydrogens is 128 g/mol. The van der Waals surface area contributed by atoms with Crippen LogP contribution in [-0.4, -0.2) is 18.8 Å². The highest BCUT2D eigenvalue weighted by Gasteiger charge is 2.27. The van der Waals surface area contributed by atoms with Crippen LogP contribution in [0.3, 0.4) is 0 Å². The van der Waals surface area contributed by atoms with Crippen molar-refractivity contribution in [2.24, 2.45) is 0 Å². The van der Waals surface area contributed by atoms with Crippen LogP contribution in [0, 0.1) is 0 Å². The van der Waals surface area contributed by atoms with E-state index in [1.807, 2.05) is 6.08 Å². The van der Waals surface area contributed by atoms with Gasteiger partial charge in [-0.05, 0) is 25.3 Å². The fourth-order valence-corrected chi connectivity index (χ4v) is 1.53. The molecule has 0 saturated carbocycles. The minimum Gasteiger partial charge on any atom is -0.496 e. The summed E-state index contributed by atoms with van der Waals surface area (Å²) in [5, 5.41) is 0. The zero-order chi connectivity index (χ0) is 6.81. The minimum absolute atomic E-state index is 0.346. The third-order valence-electron chi connectivity index (χ3n) is 2.10. The van der Waals surface area contributed by atoms with E-state index in [2.05, 4.69) is 0 Å². The van der Waals surface area contributed by atoms with Gasteiger partial charge in [0, 0.05) is 6.61 Å². The average molecular weight is 140 g/mol. The van der Waals surface area contributed by atoms with Crippen LogP contribution in [0.5, 0.6) is 0 Å². The van der Waals surface area contributed by atoms with Crippen LogP contribution >= 0.6 is 0 Å². The van der Waals surface area contributed by atoms with Crippen LogP contribution in [-0.2, 0) is 9.47 Å². The summed E-state index contributed by atoms with van der Waals surface area (Å²) in [6, 6.07) is 0. The summed E-state index contributed by atoms with van der Waals surface area (Å²) in [4.78, 5) is 0. The monoisotopic (exact) mass is 140 g/mol. The molecule has 0 amide bonds. The molecule has 0 unspecified atom stereocenters. The van der Waals surface area contributed by atoms with Crippen molar-refractivity contribution in [3.63, 3.8) is 0 Å². The largest absolute Gasteiger partial charge is 0.496 e. The Morgan fingerprint density at radius 3 is 3.20 bits per heavy atom. The van der Waals surface area contributed by atoms with Gasteiger partial charge >= 0.3 is 0 Å². The molecule has 0 aromatic rings. The van der Waals surface area contributed by atoms with Crippen molar-refractivity contribution in [1.82, 2.24) is 0 Å². The lowest BCUT2D eigenvalue weighted by molar-refractivity contribution is -0.0848. The van der Waals surface area contributed by atoms with E-state index >= 15 is 0 Å². The molecule has 2 aliphatic rings. The Morgan fingerprint density at radius 1 is 1.30 bits per heavy atom. The summed E-state index contributed by atoms with van der Waals surface area (Å²) >= 11 is 0. The Morgan fingerprint density at radius 2 is 2.30 bits per heavy atom. The average Bonchev–Trinajstić information content (AvgIpc) is 2.05. The second-order valence-electron chi connectivity index (χ2n) is 2.83. The predicted octanol–water partition coefficient (Wildman–Crippen LogP) is 1.47. The van der Waals surface area contributed by atoms with Crippen LogP contribution in [0.25, 0.3) is 0 Å². The molecule has 10 heavy (non-hydrogen) atoms. The maximum atomic E-state index is 5.51. The lowest BCUT2D eigenvalue weighted by atomic mass is 10.0. The molecular formula is C8H12O2. The van der Waals surface area contributed by atoms with E-state index in [1.54, 1.807) is 6.26 Å². The summed E-state index contributed by atoms with van der Waals surface area (Å²) in [6.07, 6.45) is 7.87. The van der Waals surface area contributed by atoms with Gasteiger partial charge in [0.2, 0.25) is 0 Å². The van der Waals surface area contributed by atoms with Crippen LogP contribution in [0.15, 0.2) is 12.3 Å². The fraction of sp³-hybridized carbons (Fsp3) is 0.750. The molecule has 2 heterocycles. The molecule has 0 N–H and O–H groups in total. The molecule has 0 aromatic heterocycles. The Bertz CT molecular complexity index is 126. The molecule has 0 aromatic carbocycles. The zero-order valence-electron chi connectivity index (χ0n) is 5.95. The Labute approximate surface area is 60.8 Å². The molecule has 2 rings (SSSR count). The van der Waals surface area contributed by atoms with Crippen molar-refractivity contribution in [3.8, 4) is 0 Å². The summed E-state index contributed by atoms with van der Waals surface area (Å²) in [5.41, 5.74) is 0. The van der Waals surface area contributed by atoms with Crippen LogP contribution < -0.4 is 0 Å². The van der Waals surface area contributed by atoms with Crippen molar-refractivity contribution in [1.29, 1.82) is 0 Å². The zero-order valence-corrected chi connectivity index (χ0v) is 5.95. The van der Waals surface area contributed by atoms with Gasteiger partial charge in [0.15, 0.2) is 0 Å². The quantitative estimate of drug-likeness (QED) is 0.507. The van der Waals surface area contributed by atoms with Crippen molar-refractivity contribution in [2.75, 3.05) is 6.61 Å². The normalized spacial score (nSPS) is 38.4. The SMILES string of the molecule is C1=CO[C@H]2CCCO[C@@H]2C1. The summed E-state index contributed by atoms with van der Waals surface area (Å²) in [7, 11) is 0. The highest BCUT2D eigenvalue weighted by molar-refractivity contribution is 4.90. The van der Waals surface area contributed by atoms with Gasteiger partial charge in [-0.3, -0.25) is 0 Å². The standard InChI is InChI=1S/C8H12O2/c1-3-7-8(9-5-1)4-2-6-10-7/h1,5,7-8H,2-4,6H2/t7-,8+/m1/s1. The van der Waals surface area contributed by atoms with E-state index in [0.717, 1.165) is 25.9 Å². The highest BCUT2D eigenvalue weighted by atomic mass is 16.5. The van der Waals surface area contributed by atoms with Crippen molar-refractivity contribution >= 4 is 0 Å². The van der Waals surface area contributed by atoms with Crippen LogP contribution in [0.2, 0.25) is 0 Å². The van der Waals surface area contributed by atoms with E-state index in [-0.39, 0.29) is 0 Å². The Hall–Kier alpha value is -0.500. The number of hydrogen-bond acceptors (Lipinski definition) is 2. The van der Waals surface area contributed by atoms with Gasteiger partial charge in [-0.1, -0.05) is 0 Å². The van der Waals surface area contributed by atoms with E-state index in [4.69, 9.17) is 9.47 Å². The molecule has 2 aliphatic heterocycles. The summed E-state index contributed by atoms with van der Waals surface area (Å²) in [5.74, 6) is 0. The van der Waals surface area contributed by atoms with E-state index in [0.29, 0.717) is 12.2 Å². The van der Waals surface area contributed by atoms with Crippen molar-refractivity contribution < 1.29 is 9.47 Å². The van der Waals surface area contributed by atoms with Gasteiger partial charge in [0.25, 0.3) is 0 Å².